The second kappa shape index (κ2) is 5.37. The summed E-state index contributed by atoms with van der Waals surface area (Å²) >= 11 is -1.92. The molecule has 1 aromatic carbocycles. The molecule has 0 spiro atoms. The average molecular weight is 378 g/mol. The molecule has 0 radical (unpaired) electrons. The molecule has 18 heavy (non-hydrogen) atoms. The average Bonchev–Trinajstić information content (AvgIpc) is 2.66. The van der Waals surface area contributed by atoms with Crippen LogP contribution in [-0.2, 0) is 0 Å². The molecule has 1 aliphatic carbocycles. The number of halogens is 2. The zero-order valence-electron chi connectivity index (χ0n) is 10.2. The van der Waals surface area contributed by atoms with Gasteiger partial charge < -0.3 is 0 Å². The molecule has 98 valence electrons. The SMILES string of the molecule is O=C1c2ccccc2I(Cl)N1CC1CCCCC1. The second-order valence-electron chi connectivity index (χ2n) is 5.05. The van der Waals surface area contributed by atoms with Gasteiger partial charge in [0.2, 0.25) is 0 Å². The van der Waals surface area contributed by atoms with Crippen LogP contribution in [0.4, 0.5) is 0 Å². The van der Waals surface area contributed by atoms with E-state index in [9.17, 15) is 4.79 Å². The van der Waals surface area contributed by atoms with Gasteiger partial charge in [-0.1, -0.05) is 0 Å². The molecule has 0 saturated heterocycles. The number of benzene rings is 1. The van der Waals surface area contributed by atoms with E-state index >= 15 is 0 Å². The van der Waals surface area contributed by atoms with Crippen molar-refractivity contribution in [3.63, 3.8) is 0 Å². The molecule has 0 N–H and O–H groups in total. The predicted octanol–water partition coefficient (Wildman–Crippen LogP) is 4.47. The van der Waals surface area contributed by atoms with Gasteiger partial charge in [-0.05, 0) is 0 Å². The molecule has 1 aromatic rings. The van der Waals surface area contributed by atoms with Crippen molar-refractivity contribution >= 4 is 33.8 Å². The van der Waals surface area contributed by atoms with E-state index in [1.807, 2.05) is 27.4 Å². The van der Waals surface area contributed by atoms with E-state index in [1.165, 1.54) is 32.1 Å². The molecule has 1 saturated carbocycles. The van der Waals surface area contributed by atoms with Crippen LogP contribution in [0.15, 0.2) is 24.3 Å². The first-order valence-corrected chi connectivity index (χ1v) is 11.3. The van der Waals surface area contributed by atoms with E-state index in [1.54, 1.807) is 0 Å². The molecular weight excluding hydrogens is 361 g/mol. The van der Waals surface area contributed by atoms with E-state index in [0.29, 0.717) is 5.92 Å². The van der Waals surface area contributed by atoms with Gasteiger partial charge in [0.15, 0.2) is 0 Å². The Kier molecular flexibility index (Phi) is 3.80. The van der Waals surface area contributed by atoms with Crippen molar-refractivity contribution < 1.29 is 4.79 Å². The maximum atomic E-state index is 12.4. The van der Waals surface area contributed by atoms with Gasteiger partial charge in [-0.25, -0.2) is 0 Å². The summed E-state index contributed by atoms with van der Waals surface area (Å²) in [7, 11) is 6.58. The van der Waals surface area contributed by atoms with Crippen LogP contribution >= 0.6 is 27.9 Å². The van der Waals surface area contributed by atoms with Gasteiger partial charge in [0.25, 0.3) is 0 Å². The Balaban J connectivity index is 1.77. The van der Waals surface area contributed by atoms with Crippen LogP contribution < -0.4 is 0 Å². The van der Waals surface area contributed by atoms with Gasteiger partial charge in [-0.3, -0.25) is 0 Å². The maximum absolute atomic E-state index is 12.4. The fourth-order valence-corrected chi connectivity index (χ4v) is 7.96. The molecule has 2 aliphatic rings. The molecule has 0 aromatic heterocycles. The van der Waals surface area contributed by atoms with Gasteiger partial charge in [0.05, 0.1) is 0 Å². The number of carbonyl (C=O) groups is 1. The summed E-state index contributed by atoms with van der Waals surface area (Å²) in [6.07, 6.45) is 6.52. The summed E-state index contributed by atoms with van der Waals surface area (Å²) < 4.78 is 3.13. The topological polar surface area (TPSA) is 20.3 Å². The van der Waals surface area contributed by atoms with Crippen LogP contribution in [0.5, 0.6) is 0 Å². The predicted molar refractivity (Wildman–Crippen MR) is 82.6 cm³/mol. The molecule has 1 amide bonds. The molecule has 4 heteroatoms. The first kappa shape index (κ1) is 12.7. The third kappa shape index (κ3) is 2.27. The molecule has 1 aliphatic heterocycles. The van der Waals surface area contributed by atoms with E-state index < -0.39 is 19.0 Å². The first-order valence-electron chi connectivity index (χ1n) is 6.55. The Morgan fingerprint density at radius 2 is 1.94 bits per heavy atom. The van der Waals surface area contributed by atoms with Crippen molar-refractivity contribution in [2.45, 2.75) is 32.1 Å². The number of nitrogens with zero attached hydrogens (tertiary/aromatic N) is 1. The van der Waals surface area contributed by atoms with Gasteiger partial charge in [-0.2, -0.15) is 0 Å². The molecule has 0 unspecified atom stereocenters. The van der Waals surface area contributed by atoms with Gasteiger partial charge in [-0.15, -0.1) is 0 Å². The molecule has 2 nitrogen and oxygen atoms in total. The Morgan fingerprint density at radius 1 is 1.22 bits per heavy atom. The van der Waals surface area contributed by atoms with Crippen molar-refractivity contribution in [1.29, 1.82) is 0 Å². The summed E-state index contributed by atoms with van der Waals surface area (Å²) in [5, 5.41) is 0. The minimum absolute atomic E-state index is 0.177. The Labute approximate surface area is 119 Å². The second-order valence-corrected chi connectivity index (χ2v) is 10.5. The summed E-state index contributed by atoms with van der Waals surface area (Å²) in [6.45, 7) is 0.891. The normalized spacial score (nSPS) is 22.4. The Bertz CT molecular complexity index is 459. The Morgan fingerprint density at radius 3 is 2.67 bits per heavy atom. The quantitative estimate of drug-likeness (QED) is 0.550. The third-order valence-corrected chi connectivity index (χ3v) is 9.64. The standard InChI is InChI=1S/C14H17ClINO/c15-16-13-9-5-4-8-12(13)14(18)17(16)10-11-6-2-1-3-7-11/h4-5,8-9,11H,1-3,6-7,10H2. The monoisotopic (exact) mass is 377 g/mol. The summed E-state index contributed by atoms with van der Waals surface area (Å²) in [4.78, 5) is 12.4. The van der Waals surface area contributed by atoms with Crippen molar-refractivity contribution in [2.24, 2.45) is 5.92 Å². The number of hydrogen-bond donors (Lipinski definition) is 0. The molecule has 3 rings (SSSR count). The number of rotatable bonds is 2. The van der Waals surface area contributed by atoms with E-state index in [-0.39, 0.29) is 5.91 Å². The fourth-order valence-electron chi connectivity index (χ4n) is 2.82. The van der Waals surface area contributed by atoms with Gasteiger partial charge in [0, 0.05) is 0 Å². The summed E-state index contributed by atoms with van der Waals surface area (Å²) in [5.41, 5.74) is 0.855. The first-order chi connectivity index (χ1) is 8.77. The van der Waals surface area contributed by atoms with Crippen LogP contribution in [0.3, 0.4) is 0 Å². The fraction of sp³-hybridized carbons (Fsp3) is 0.500. The summed E-state index contributed by atoms with van der Waals surface area (Å²) in [6, 6.07) is 7.88. The van der Waals surface area contributed by atoms with Crippen molar-refractivity contribution in [3.8, 4) is 0 Å². The van der Waals surface area contributed by atoms with E-state index in [4.69, 9.17) is 8.91 Å². The summed E-state index contributed by atoms with van der Waals surface area (Å²) in [5.74, 6) is 0.854. The molecule has 1 heterocycles. The van der Waals surface area contributed by atoms with E-state index in [2.05, 4.69) is 0 Å². The molecule has 1 fully saturated rings. The van der Waals surface area contributed by atoms with E-state index in [0.717, 1.165) is 15.7 Å². The number of hydrogen-bond acceptors (Lipinski definition) is 1. The number of fused-ring (bicyclic) bond motifs is 1. The van der Waals surface area contributed by atoms with Crippen LogP contribution in [0.1, 0.15) is 42.5 Å². The van der Waals surface area contributed by atoms with Gasteiger partial charge in [0.1, 0.15) is 0 Å². The molecular formula is C14H17ClINO. The molecule has 0 atom stereocenters. The van der Waals surface area contributed by atoms with Crippen molar-refractivity contribution in [1.82, 2.24) is 3.11 Å². The third-order valence-electron chi connectivity index (χ3n) is 3.82. The minimum atomic E-state index is -1.92. The van der Waals surface area contributed by atoms with Crippen LogP contribution in [0, 0.1) is 9.49 Å². The zero-order chi connectivity index (χ0) is 12.5. The molecule has 0 bridgehead atoms. The van der Waals surface area contributed by atoms with Crippen molar-refractivity contribution in [2.75, 3.05) is 6.54 Å². The zero-order valence-corrected chi connectivity index (χ0v) is 13.2. The number of amides is 1. The van der Waals surface area contributed by atoms with Crippen LogP contribution in [0.25, 0.3) is 0 Å². The van der Waals surface area contributed by atoms with Gasteiger partial charge >= 0.3 is 120 Å². The number of carbonyl (C=O) groups excluding carboxylic acids is 1. The van der Waals surface area contributed by atoms with Crippen LogP contribution in [0.2, 0.25) is 0 Å². The Hall–Kier alpha value is -0.290. The van der Waals surface area contributed by atoms with Crippen LogP contribution in [-0.4, -0.2) is 15.6 Å². The van der Waals surface area contributed by atoms with Crippen molar-refractivity contribution in [3.05, 3.63) is 33.4 Å².